The summed E-state index contributed by atoms with van der Waals surface area (Å²) in [6.07, 6.45) is -0.840. The van der Waals surface area contributed by atoms with Gasteiger partial charge in [-0.2, -0.15) is 5.26 Å². The van der Waals surface area contributed by atoms with Crippen LogP contribution in [0.25, 0.3) is 0 Å². The lowest BCUT2D eigenvalue weighted by Crippen LogP contribution is -2.25. The monoisotopic (exact) mass is 360 g/mol. The maximum Gasteiger partial charge on any atom is 0.339 e. The number of halogens is 1. The lowest BCUT2D eigenvalue weighted by Gasteiger charge is -2.14. The van der Waals surface area contributed by atoms with Crippen LogP contribution in [-0.2, 0) is 4.74 Å². The number of aromatic nitrogens is 1. The number of nitrogens with one attached hydrogen (secondary N) is 1. The van der Waals surface area contributed by atoms with E-state index in [0.717, 1.165) is 0 Å². The second-order valence-corrected chi connectivity index (χ2v) is 5.91. The Bertz CT molecular complexity index is 880. The average Bonchev–Trinajstić information content (AvgIpc) is 2.89. The van der Waals surface area contributed by atoms with Crippen LogP contribution in [0.4, 0.5) is 0 Å². The number of methoxy groups -OCH3 is 1. The highest BCUT2D eigenvalue weighted by Crippen LogP contribution is 2.27. The highest BCUT2D eigenvalue weighted by Gasteiger charge is 2.26. The number of carbonyl (C=O) groups is 2. The number of carbonyl (C=O) groups excluding carboxylic acids is 2. The minimum atomic E-state index is -0.840. The number of nitriles is 1. The summed E-state index contributed by atoms with van der Waals surface area (Å²) in [5, 5.41) is 9.09. The van der Waals surface area contributed by atoms with E-state index in [4.69, 9.17) is 26.3 Å². The third kappa shape index (κ3) is 3.67. The molecule has 0 fully saturated rings. The molecule has 1 aromatic heterocycles. The molecule has 130 valence electrons. The summed E-state index contributed by atoms with van der Waals surface area (Å²) >= 11 is 6.07. The van der Waals surface area contributed by atoms with E-state index in [2.05, 4.69) is 4.98 Å². The third-order valence-electron chi connectivity index (χ3n) is 3.81. The maximum absolute atomic E-state index is 12.7. The van der Waals surface area contributed by atoms with Gasteiger partial charge in [0, 0.05) is 5.69 Å². The van der Waals surface area contributed by atoms with Gasteiger partial charge in [0.25, 0.3) is 0 Å². The van der Waals surface area contributed by atoms with E-state index in [1.807, 2.05) is 6.07 Å². The van der Waals surface area contributed by atoms with Gasteiger partial charge in [-0.15, -0.1) is 0 Å². The number of esters is 1. The molecular formula is C18H17ClN2O4. The minimum absolute atomic E-state index is 0.244. The van der Waals surface area contributed by atoms with E-state index in [0.29, 0.717) is 28.1 Å². The van der Waals surface area contributed by atoms with Gasteiger partial charge in [-0.1, -0.05) is 11.6 Å². The Morgan fingerprint density at radius 2 is 2.00 bits per heavy atom. The van der Waals surface area contributed by atoms with Gasteiger partial charge in [0.1, 0.15) is 5.75 Å². The molecule has 0 spiro atoms. The first kappa shape index (κ1) is 18.6. The van der Waals surface area contributed by atoms with Crippen LogP contribution in [-0.4, -0.2) is 30.0 Å². The smallest absolute Gasteiger partial charge is 0.339 e. The van der Waals surface area contributed by atoms with Crippen molar-refractivity contribution in [3.63, 3.8) is 0 Å². The summed E-state index contributed by atoms with van der Waals surface area (Å²) in [7, 11) is 1.29. The Morgan fingerprint density at radius 1 is 1.32 bits per heavy atom. The second kappa shape index (κ2) is 7.41. The van der Waals surface area contributed by atoms with Crippen molar-refractivity contribution >= 4 is 23.4 Å². The first-order valence-electron chi connectivity index (χ1n) is 7.48. The predicted octanol–water partition coefficient (Wildman–Crippen LogP) is 3.59. The van der Waals surface area contributed by atoms with Crippen molar-refractivity contribution in [1.29, 1.82) is 5.26 Å². The SMILES string of the molecule is COC(=O)c1c(C)[nH]c(C(=O)[C@H](C)Oc2ccc(C#N)cc2Cl)c1C. The Balaban J connectivity index is 2.27. The second-order valence-electron chi connectivity index (χ2n) is 5.50. The van der Waals surface area contributed by atoms with Gasteiger partial charge in [-0.25, -0.2) is 4.79 Å². The number of Topliss-reactive ketones (excluding diaryl/α,β-unsaturated/α-hetero) is 1. The molecule has 0 bridgehead atoms. The molecular weight excluding hydrogens is 344 g/mol. The van der Waals surface area contributed by atoms with Crippen LogP contribution in [0, 0.1) is 25.2 Å². The molecule has 25 heavy (non-hydrogen) atoms. The van der Waals surface area contributed by atoms with Crippen molar-refractivity contribution in [3.05, 3.63) is 51.3 Å². The first-order chi connectivity index (χ1) is 11.8. The molecule has 0 aliphatic heterocycles. The highest BCUT2D eigenvalue weighted by molar-refractivity contribution is 6.32. The average molecular weight is 361 g/mol. The van der Waals surface area contributed by atoms with Gasteiger partial charge < -0.3 is 14.5 Å². The summed E-state index contributed by atoms with van der Waals surface area (Å²) < 4.78 is 10.4. The fourth-order valence-corrected chi connectivity index (χ4v) is 2.74. The Labute approximate surface area is 150 Å². The maximum atomic E-state index is 12.7. The normalized spacial score (nSPS) is 11.5. The van der Waals surface area contributed by atoms with E-state index in [9.17, 15) is 9.59 Å². The van der Waals surface area contributed by atoms with Crippen molar-refractivity contribution in [2.45, 2.75) is 26.9 Å². The lowest BCUT2D eigenvalue weighted by atomic mass is 10.1. The zero-order chi connectivity index (χ0) is 18.7. The summed E-state index contributed by atoms with van der Waals surface area (Å²) in [4.78, 5) is 27.4. The number of benzene rings is 1. The Hall–Kier alpha value is -2.78. The van der Waals surface area contributed by atoms with Crippen LogP contribution < -0.4 is 4.74 Å². The number of aryl methyl sites for hydroxylation is 1. The van der Waals surface area contributed by atoms with Crippen LogP contribution in [0.2, 0.25) is 5.02 Å². The van der Waals surface area contributed by atoms with Gasteiger partial charge >= 0.3 is 5.97 Å². The summed E-state index contributed by atoms with van der Waals surface area (Å²) in [5.74, 6) is -0.527. The number of hydrogen-bond acceptors (Lipinski definition) is 5. The molecule has 0 amide bonds. The lowest BCUT2D eigenvalue weighted by molar-refractivity contribution is 0.0599. The molecule has 6 nitrogen and oxygen atoms in total. The number of hydrogen-bond donors (Lipinski definition) is 1. The first-order valence-corrected chi connectivity index (χ1v) is 7.86. The van der Waals surface area contributed by atoms with E-state index < -0.39 is 12.1 Å². The van der Waals surface area contributed by atoms with Crippen molar-refractivity contribution in [3.8, 4) is 11.8 Å². The van der Waals surface area contributed by atoms with E-state index >= 15 is 0 Å². The number of H-pyrrole nitrogens is 1. The fraction of sp³-hybridized carbons (Fsp3) is 0.278. The van der Waals surface area contributed by atoms with E-state index in [1.54, 1.807) is 26.8 Å². The molecule has 0 saturated carbocycles. The van der Waals surface area contributed by atoms with Crippen molar-refractivity contribution in [1.82, 2.24) is 4.98 Å². The number of rotatable bonds is 5. The molecule has 0 unspecified atom stereocenters. The summed E-state index contributed by atoms with van der Waals surface area (Å²) in [6, 6.07) is 6.53. The molecule has 0 aliphatic carbocycles. The molecule has 0 radical (unpaired) electrons. The zero-order valence-corrected chi connectivity index (χ0v) is 15.0. The van der Waals surface area contributed by atoms with Crippen LogP contribution in [0.5, 0.6) is 5.75 Å². The molecule has 7 heteroatoms. The molecule has 1 atom stereocenters. The molecule has 1 aromatic carbocycles. The largest absolute Gasteiger partial charge is 0.481 e. The van der Waals surface area contributed by atoms with Gasteiger partial charge in [0.05, 0.1) is 35.0 Å². The topological polar surface area (TPSA) is 92.2 Å². The van der Waals surface area contributed by atoms with Crippen molar-refractivity contribution in [2.24, 2.45) is 0 Å². The van der Waals surface area contributed by atoms with Gasteiger partial charge in [0.2, 0.25) is 5.78 Å². The van der Waals surface area contributed by atoms with Crippen LogP contribution >= 0.6 is 11.6 Å². The minimum Gasteiger partial charge on any atom is -0.481 e. The highest BCUT2D eigenvalue weighted by atomic mass is 35.5. The zero-order valence-electron chi connectivity index (χ0n) is 14.3. The molecule has 0 aliphatic rings. The number of aromatic amines is 1. The van der Waals surface area contributed by atoms with Gasteiger partial charge in [-0.3, -0.25) is 4.79 Å². The third-order valence-corrected chi connectivity index (χ3v) is 4.10. The molecule has 1 N–H and O–H groups in total. The van der Waals surface area contributed by atoms with Crippen molar-refractivity contribution < 1.29 is 19.1 Å². The quantitative estimate of drug-likeness (QED) is 0.649. The molecule has 1 heterocycles. The van der Waals surface area contributed by atoms with E-state index in [1.165, 1.54) is 19.2 Å². The number of ketones is 1. The fourth-order valence-electron chi connectivity index (χ4n) is 2.52. The van der Waals surface area contributed by atoms with Gasteiger partial charge in [-0.05, 0) is 44.5 Å². The van der Waals surface area contributed by atoms with Crippen LogP contribution in [0.15, 0.2) is 18.2 Å². The number of nitrogens with zero attached hydrogens (tertiary/aromatic N) is 1. The molecule has 2 rings (SSSR count). The van der Waals surface area contributed by atoms with Crippen molar-refractivity contribution in [2.75, 3.05) is 7.11 Å². The Morgan fingerprint density at radius 3 is 2.56 bits per heavy atom. The molecule has 2 aromatic rings. The Kier molecular flexibility index (Phi) is 5.50. The standard InChI is InChI=1S/C18H17ClN2O4/c1-9-15(18(23)24-4)10(2)21-16(9)17(22)11(3)25-14-6-5-12(8-20)7-13(14)19/h5-7,11,21H,1-4H3/t11-/m0/s1. The summed E-state index contributed by atoms with van der Waals surface area (Å²) in [5.41, 5.74) is 2.09. The summed E-state index contributed by atoms with van der Waals surface area (Å²) in [6.45, 7) is 4.95. The number of ether oxygens (including phenoxy) is 2. The van der Waals surface area contributed by atoms with Crippen LogP contribution in [0.1, 0.15) is 44.6 Å². The molecule has 0 saturated heterocycles. The predicted molar refractivity (Wildman–Crippen MR) is 92.2 cm³/mol. The van der Waals surface area contributed by atoms with Crippen LogP contribution in [0.3, 0.4) is 0 Å². The van der Waals surface area contributed by atoms with E-state index in [-0.39, 0.29) is 16.5 Å². The van der Waals surface area contributed by atoms with Gasteiger partial charge in [0.15, 0.2) is 6.10 Å².